The monoisotopic (exact) mass is 642 g/mol. The summed E-state index contributed by atoms with van der Waals surface area (Å²) in [4.78, 5) is 36.7. The van der Waals surface area contributed by atoms with Gasteiger partial charge in [0.15, 0.2) is 5.78 Å². The zero-order valence-electron chi connectivity index (χ0n) is 26.4. The van der Waals surface area contributed by atoms with Crippen LogP contribution in [0.1, 0.15) is 53.7 Å². The lowest BCUT2D eigenvalue weighted by atomic mass is 9.77. The Kier molecular flexibility index (Phi) is 10.9. The number of alkyl halides is 3. The van der Waals surface area contributed by atoms with Gasteiger partial charge in [-0.05, 0) is 97.2 Å². The molecule has 0 radical (unpaired) electrons. The summed E-state index contributed by atoms with van der Waals surface area (Å²) < 4.78 is 48.0. The molecule has 0 N–H and O–H groups in total. The second-order valence-corrected chi connectivity index (χ2v) is 11.9. The number of para-hydroxylation sites is 1. The van der Waals surface area contributed by atoms with Gasteiger partial charge in [0.05, 0.1) is 12.3 Å². The van der Waals surface area contributed by atoms with E-state index in [1.54, 1.807) is 18.5 Å². The van der Waals surface area contributed by atoms with E-state index in [1.807, 2.05) is 74.5 Å². The number of hydrogen-bond acceptors (Lipinski definition) is 6. The number of benzene rings is 3. The smallest absolute Gasteiger partial charge is 0.494 e. The molecular weight excluding hydrogens is 605 g/mol. The molecule has 1 aromatic heterocycles. The van der Waals surface area contributed by atoms with Crippen LogP contribution in [-0.2, 0) is 24.1 Å². The molecule has 0 saturated heterocycles. The van der Waals surface area contributed by atoms with Crippen LogP contribution in [0.2, 0.25) is 0 Å². The lowest BCUT2D eigenvalue weighted by Gasteiger charge is -2.26. The molecule has 1 aliphatic rings. The maximum atomic E-state index is 13.9. The van der Waals surface area contributed by atoms with Crippen molar-refractivity contribution in [3.05, 3.63) is 120 Å². The van der Waals surface area contributed by atoms with Crippen LogP contribution < -0.4 is 9.47 Å². The first-order chi connectivity index (χ1) is 22.6. The van der Waals surface area contributed by atoms with E-state index >= 15 is 0 Å². The number of ether oxygens (including phenoxy) is 2. The predicted octanol–water partition coefficient (Wildman–Crippen LogP) is 8.59. The Hall–Kier alpha value is -4.79. The first kappa shape index (κ1) is 33.6. The van der Waals surface area contributed by atoms with Crippen molar-refractivity contribution in [2.75, 3.05) is 6.61 Å². The summed E-state index contributed by atoms with van der Waals surface area (Å²) in [5.74, 6) is -0.436. The summed E-state index contributed by atoms with van der Waals surface area (Å²) in [7, 11) is 0. The van der Waals surface area contributed by atoms with Crippen molar-refractivity contribution >= 4 is 23.0 Å². The van der Waals surface area contributed by atoms with Gasteiger partial charge >= 0.3 is 6.36 Å². The highest BCUT2D eigenvalue weighted by molar-refractivity contribution is 6.08. The highest BCUT2D eigenvalue weighted by Gasteiger charge is 2.33. The van der Waals surface area contributed by atoms with Crippen molar-refractivity contribution in [2.24, 2.45) is 22.7 Å². The summed E-state index contributed by atoms with van der Waals surface area (Å²) in [5, 5.41) is 0. The number of carbonyl (C=O) groups excluding carboxylic acids is 2. The summed E-state index contributed by atoms with van der Waals surface area (Å²) in [6.07, 6.45) is 0.243. The van der Waals surface area contributed by atoms with Gasteiger partial charge in [0.1, 0.15) is 17.3 Å². The minimum atomic E-state index is -4.82. The Balaban J connectivity index is 1.41. The quantitative estimate of drug-likeness (QED) is 0.146. The van der Waals surface area contributed by atoms with E-state index in [4.69, 9.17) is 9.73 Å². The Morgan fingerprint density at radius 2 is 1.70 bits per heavy atom. The molecule has 0 bridgehead atoms. The molecule has 1 aliphatic heterocycles. The van der Waals surface area contributed by atoms with Crippen LogP contribution in [0.5, 0.6) is 11.5 Å². The first-order valence-electron chi connectivity index (χ1n) is 15.8. The van der Waals surface area contributed by atoms with Crippen molar-refractivity contribution in [3.8, 4) is 11.5 Å². The van der Waals surface area contributed by atoms with Gasteiger partial charge in [-0.25, -0.2) is 0 Å². The number of ketones is 2. The molecule has 47 heavy (non-hydrogen) atoms. The molecule has 244 valence electrons. The second-order valence-electron chi connectivity index (χ2n) is 11.9. The minimum Gasteiger partial charge on any atom is -0.494 e. The van der Waals surface area contributed by atoms with Crippen LogP contribution >= 0.6 is 0 Å². The van der Waals surface area contributed by atoms with Crippen LogP contribution in [-0.4, -0.2) is 35.2 Å². The fourth-order valence-corrected chi connectivity index (χ4v) is 6.13. The average molecular weight is 643 g/mol. The predicted molar refractivity (Wildman–Crippen MR) is 174 cm³/mol. The number of halogens is 3. The Bertz CT molecular complexity index is 1700. The zero-order valence-corrected chi connectivity index (χ0v) is 26.4. The third-order valence-corrected chi connectivity index (χ3v) is 8.45. The highest BCUT2D eigenvalue weighted by Crippen LogP contribution is 2.35. The number of aromatic nitrogens is 1. The molecule has 6 nitrogen and oxygen atoms in total. The number of fused-ring (bicyclic) bond motifs is 1. The van der Waals surface area contributed by atoms with E-state index in [-0.39, 0.29) is 47.9 Å². The van der Waals surface area contributed by atoms with Crippen molar-refractivity contribution in [2.45, 2.75) is 52.3 Å². The number of Topliss-reactive ketones (excluding diaryl/α,β-unsaturated/α-hetero) is 2. The first-order valence-corrected chi connectivity index (χ1v) is 15.8. The van der Waals surface area contributed by atoms with Gasteiger partial charge in [-0.15, -0.1) is 13.2 Å². The van der Waals surface area contributed by atoms with Crippen LogP contribution in [0, 0.1) is 17.8 Å². The molecule has 3 aromatic carbocycles. The molecule has 3 atom stereocenters. The van der Waals surface area contributed by atoms with Crippen LogP contribution in [0.15, 0.2) is 102 Å². The third kappa shape index (κ3) is 9.37. The van der Waals surface area contributed by atoms with E-state index < -0.39 is 6.36 Å². The van der Waals surface area contributed by atoms with Gasteiger partial charge < -0.3 is 9.47 Å². The molecule has 0 saturated carbocycles. The van der Waals surface area contributed by atoms with E-state index in [2.05, 4.69) is 9.72 Å². The molecule has 5 rings (SSSR count). The van der Waals surface area contributed by atoms with Gasteiger partial charge in [0.25, 0.3) is 0 Å². The summed E-state index contributed by atoms with van der Waals surface area (Å²) in [5.41, 5.74) is 4.42. The molecule has 0 spiro atoms. The van der Waals surface area contributed by atoms with Gasteiger partial charge in [0.2, 0.25) is 0 Å². The maximum absolute atomic E-state index is 13.9. The molecule has 3 unspecified atom stereocenters. The largest absolute Gasteiger partial charge is 0.573 e. The average Bonchev–Trinajstić information content (AvgIpc) is 3.17. The third-order valence-electron chi connectivity index (χ3n) is 8.45. The molecule has 0 aliphatic carbocycles. The normalized spacial score (nSPS) is 16.0. The number of hydrogen-bond donors (Lipinski definition) is 0. The zero-order chi connectivity index (χ0) is 33.4. The molecular formula is C38H37F3N2O4. The number of nitrogens with zero attached hydrogens (tertiary/aromatic N) is 2. The van der Waals surface area contributed by atoms with E-state index in [9.17, 15) is 22.8 Å². The lowest BCUT2D eigenvalue weighted by Crippen LogP contribution is -2.29. The fourth-order valence-electron chi connectivity index (χ4n) is 6.13. The van der Waals surface area contributed by atoms with Crippen molar-refractivity contribution in [1.82, 2.24) is 4.98 Å². The Morgan fingerprint density at radius 3 is 2.43 bits per heavy atom. The summed E-state index contributed by atoms with van der Waals surface area (Å²) >= 11 is 0. The van der Waals surface area contributed by atoms with Crippen LogP contribution in [0.3, 0.4) is 0 Å². The summed E-state index contributed by atoms with van der Waals surface area (Å²) in [6, 6.07) is 24.4. The van der Waals surface area contributed by atoms with Crippen LogP contribution in [0.25, 0.3) is 0 Å². The topological polar surface area (TPSA) is 77.8 Å². The highest BCUT2D eigenvalue weighted by atomic mass is 19.4. The SMILES string of the molecule is CCOc1ccc(CC2CC(C(C)C(CC(=O)Cc3cccc(OC(F)(F)F)c3)Cc3cccnc3)=Nc3ccccc3C2=O)cc1. The van der Waals surface area contributed by atoms with Crippen LogP contribution in [0.4, 0.5) is 18.9 Å². The van der Waals surface area contributed by atoms with E-state index in [0.717, 1.165) is 22.6 Å². The van der Waals surface area contributed by atoms with Crippen molar-refractivity contribution < 1.29 is 32.2 Å². The minimum absolute atomic E-state index is 0.0290. The van der Waals surface area contributed by atoms with Gasteiger partial charge in [-0.2, -0.15) is 0 Å². The second kappa shape index (κ2) is 15.2. The van der Waals surface area contributed by atoms with Gasteiger partial charge in [-0.1, -0.05) is 49.4 Å². The maximum Gasteiger partial charge on any atom is 0.573 e. The van der Waals surface area contributed by atoms with Crippen molar-refractivity contribution in [1.29, 1.82) is 0 Å². The number of rotatable bonds is 13. The number of carbonyl (C=O) groups is 2. The fraction of sp³-hybridized carbons (Fsp3) is 0.316. The Morgan fingerprint density at radius 1 is 0.936 bits per heavy atom. The molecule has 0 fully saturated rings. The number of aliphatic imine (C=N–C) groups is 1. The molecule has 9 heteroatoms. The standard InChI is InChI=1S/C38H37F3N2O4/c1-3-46-32-15-13-26(14-16-32)18-30-23-36(43-35-12-5-4-11-34(35)37(30)45)25(2)29(19-28-9-7-17-42-24-28)22-31(44)20-27-8-6-10-33(21-27)47-38(39,40)41/h4-17,21,24-25,29-30H,3,18-20,22-23H2,1-2H3. The molecule has 0 amide bonds. The number of pyridine rings is 1. The van der Waals surface area contributed by atoms with Crippen molar-refractivity contribution in [3.63, 3.8) is 0 Å². The molecule has 4 aromatic rings. The molecule has 2 heterocycles. The lowest BCUT2D eigenvalue weighted by molar-refractivity contribution is -0.274. The summed E-state index contributed by atoms with van der Waals surface area (Å²) in [6.45, 7) is 4.53. The van der Waals surface area contributed by atoms with Gasteiger partial charge in [0, 0.05) is 42.4 Å². The van der Waals surface area contributed by atoms with E-state index in [1.165, 1.54) is 18.2 Å². The van der Waals surface area contributed by atoms with Gasteiger partial charge in [-0.3, -0.25) is 19.6 Å². The Labute approximate surface area is 272 Å². The van der Waals surface area contributed by atoms with E-state index in [0.29, 0.717) is 42.7 Å².